The molecule has 1 aromatic heterocycles. The molecule has 0 saturated heterocycles. The Bertz CT molecular complexity index is 497. The first-order valence-corrected chi connectivity index (χ1v) is 6.79. The number of benzene rings is 1. The summed E-state index contributed by atoms with van der Waals surface area (Å²) in [6.07, 6.45) is 1.70. The van der Waals surface area contributed by atoms with Gasteiger partial charge in [0.15, 0.2) is 0 Å². The third-order valence-corrected chi connectivity index (χ3v) is 3.67. The Morgan fingerprint density at radius 3 is 2.72 bits per heavy atom. The van der Waals surface area contributed by atoms with Crippen LogP contribution < -0.4 is 10.6 Å². The number of hydrogen-bond donors (Lipinski definition) is 1. The maximum Gasteiger partial charge on any atom is 0.123 e. The van der Waals surface area contributed by atoms with Gasteiger partial charge in [-0.25, -0.2) is 0 Å². The predicted molar refractivity (Wildman–Crippen MR) is 77.5 cm³/mol. The summed E-state index contributed by atoms with van der Waals surface area (Å²) in [4.78, 5) is 2.25. The van der Waals surface area contributed by atoms with Crippen molar-refractivity contribution in [2.45, 2.75) is 20.0 Å². The first-order chi connectivity index (χ1) is 8.74. The normalized spacial score (nSPS) is 10.6. The lowest BCUT2D eigenvalue weighted by atomic mass is 10.2. The van der Waals surface area contributed by atoms with Crippen molar-refractivity contribution < 1.29 is 4.42 Å². The summed E-state index contributed by atoms with van der Waals surface area (Å²) >= 11 is 3.55. The standard InChI is InChI=1S/C14H17BrN2O/c1-2-17(10-13-4-3-7-18-13)12-6-5-11(9-16)14(15)8-12/h3-8H,2,9-10,16H2,1H3. The zero-order valence-electron chi connectivity index (χ0n) is 10.4. The SMILES string of the molecule is CCN(Cc1ccco1)c1ccc(CN)c(Br)c1. The molecule has 2 rings (SSSR count). The zero-order valence-corrected chi connectivity index (χ0v) is 12.0. The van der Waals surface area contributed by atoms with Crippen molar-refractivity contribution in [1.29, 1.82) is 0 Å². The van der Waals surface area contributed by atoms with E-state index in [1.165, 1.54) is 0 Å². The van der Waals surface area contributed by atoms with Crippen LogP contribution in [-0.4, -0.2) is 6.54 Å². The second-order valence-electron chi connectivity index (χ2n) is 4.07. The van der Waals surface area contributed by atoms with E-state index in [4.69, 9.17) is 10.2 Å². The van der Waals surface area contributed by atoms with Crippen molar-refractivity contribution in [3.63, 3.8) is 0 Å². The minimum Gasteiger partial charge on any atom is -0.467 e. The Hall–Kier alpha value is -1.26. The molecule has 0 spiro atoms. The molecular weight excluding hydrogens is 292 g/mol. The third kappa shape index (κ3) is 2.94. The molecule has 0 bridgehead atoms. The molecule has 18 heavy (non-hydrogen) atoms. The number of halogens is 1. The minimum absolute atomic E-state index is 0.547. The smallest absolute Gasteiger partial charge is 0.123 e. The lowest BCUT2D eigenvalue weighted by Gasteiger charge is -2.22. The number of nitrogens with two attached hydrogens (primary N) is 1. The van der Waals surface area contributed by atoms with Crippen molar-refractivity contribution in [2.24, 2.45) is 5.73 Å². The number of hydrogen-bond acceptors (Lipinski definition) is 3. The summed E-state index contributed by atoms with van der Waals surface area (Å²) in [5.74, 6) is 0.968. The Morgan fingerprint density at radius 1 is 1.33 bits per heavy atom. The second-order valence-corrected chi connectivity index (χ2v) is 4.93. The Morgan fingerprint density at radius 2 is 2.17 bits per heavy atom. The van der Waals surface area contributed by atoms with Gasteiger partial charge in [-0.2, -0.15) is 0 Å². The highest BCUT2D eigenvalue weighted by Gasteiger charge is 2.08. The maximum atomic E-state index is 5.66. The van der Waals surface area contributed by atoms with Gasteiger partial charge in [0.2, 0.25) is 0 Å². The van der Waals surface area contributed by atoms with Crippen LogP contribution >= 0.6 is 15.9 Å². The molecule has 0 aliphatic carbocycles. The molecule has 3 nitrogen and oxygen atoms in total. The van der Waals surface area contributed by atoms with Gasteiger partial charge in [0.05, 0.1) is 12.8 Å². The minimum atomic E-state index is 0.547. The third-order valence-electron chi connectivity index (χ3n) is 2.93. The maximum absolute atomic E-state index is 5.66. The molecule has 1 aromatic carbocycles. The molecule has 2 aromatic rings. The monoisotopic (exact) mass is 308 g/mol. The summed E-state index contributed by atoms with van der Waals surface area (Å²) < 4.78 is 6.44. The van der Waals surface area contributed by atoms with E-state index in [1.807, 2.05) is 12.1 Å². The van der Waals surface area contributed by atoms with Gasteiger partial charge in [0.25, 0.3) is 0 Å². The average molecular weight is 309 g/mol. The number of furan rings is 1. The fraction of sp³-hybridized carbons (Fsp3) is 0.286. The molecule has 0 radical (unpaired) electrons. The molecular formula is C14H17BrN2O. The number of rotatable bonds is 5. The van der Waals surface area contributed by atoms with Crippen molar-refractivity contribution >= 4 is 21.6 Å². The molecule has 2 N–H and O–H groups in total. The Labute approximate surface area is 116 Å². The van der Waals surface area contributed by atoms with Crippen LogP contribution in [0.25, 0.3) is 0 Å². The first-order valence-electron chi connectivity index (χ1n) is 6.00. The zero-order chi connectivity index (χ0) is 13.0. The first kappa shape index (κ1) is 13.2. The van der Waals surface area contributed by atoms with Gasteiger partial charge in [-0.15, -0.1) is 0 Å². The molecule has 0 amide bonds. The van der Waals surface area contributed by atoms with E-state index in [0.29, 0.717) is 6.54 Å². The molecule has 0 aliphatic heterocycles. The Kier molecular flexibility index (Phi) is 4.44. The van der Waals surface area contributed by atoms with E-state index in [2.05, 4.69) is 46.0 Å². The fourth-order valence-electron chi connectivity index (χ4n) is 1.87. The topological polar surface area (TPSA) is 42.4 Å². The van der Waals surface area contributed by atoms with Crippen LogP contribution in [0.3, 0.4) is 0 Å². The van der Waals surface area contributed by atoms with Crippen LogP contribution in [0.15, 0.2) is 45.5 Å². The fourth-order valence-corrected chi connectivity index (χ4v) is 2.40. The summed E-state index contributed by atoms with van der Waals surface area (Å²) in [6.45, 7) is 4.38. The van der Waals surface area contributed by atoms with Gasteiger partial charge in [-0.05, 0) is 36.8 Å². The van der Waals surface area contributed by atoms with Crippen LogP contribution in [-0.2, 0) is 13.1 Å². The van der Waals surface area contributed by atoms with Crippen LogP contribution in [0.2, 0.25) is 0 Å². The van der Waals surface area contributed by atoms with E-state index in [-0.39, 0.29) is 0 Å². The summed E-state index contributed by atoms with van der Waals surface area (Å²) in [6, 6.07) is 10.2. The van der Waals surface area contributed by atoms with Crippen LogP contribution in [0, 0.1) is 0 Å². The predicted octanol–water partition coefficient (Wildman–Crippen LogP) is 3.53. The number of anilines is 1. The van der Waals surface area contributed by atoms with Gasteiger partial charge in [0.1, 0.15) is 5.76 Å². The van der Waals surface area contributed by atoms with Crippen molar-refractivity contribution in [1.82, 2.24) is 0 Å². The largest absolute Gasteiger partial charge is 0.467 e. The molecule has 0 saturated carbocycles. The molecule has 1 heterocycles. The van der Waals surface area contributed by atoms with Gasteiger partial charge in [-0.1, -0.05) is 22.0 Å². The second kappa shape index (κ2) is 6.07. The van der Waals surface area contributed by atoms with Crippen LogP contribution in [0.4, 0.5) is 5.69 Å². The van der Waals surface area contributed by atoms with Gasteiger partial charge in [0, 0.05) is 23.2 Å². The van der Waals surface area contributed by atoms with Crippen molar-refractivity contribution in [2.75, 3.05) is 11.4 Å². The highest BCUT2D eigenvalue weighted by molar-refractivity contribution is 9.10. The van der Waals surface area contributed by atoms with Gasteiger partial charge in [-0.3, -0.25) is 0 Å². The summed E-state index contributed by atoms with van der Waals surface area (Å²) in [5.41, 5.74) is 7.94. The molecule has 0 unspecified atom stereocenters. The van der Waals surface area contributed by atoms with Gasteiger partial charge < -0.3 is 15.1 Å². The van der Waals surface area contributed by atoms with Crippen molar-refractivity contribution in [3.05, 3.63) is 52.4 Å². The number of nitrogens with zero attached hydrogens (tertiary/aromatic N) is 1. The molecule has 0 aliphatic rings. The molecule has 0 atom stereocenters. The van der Waals surface area contributed by atoms with E-state index in [9.17, 15) is 0 Å². The van der Waals surface area contributed by atoms with Crippen LogP contribution in [0.5, 0.6) is 0 Å². The summed E-state index contributed by atoms with van der Waals surface area (Å²) in [7, 11) is 0. The van der Waals surface area contributed by atoms with E-state index in [1.54, 1.807) is 6.26 Å². The lowest BCUT2D eigenvalue weighted by molar-refractivity contribution is 0.503. The Balaban J connectivity index is 2.19. The van der Waals surface area contributed by atoms with Gasteiger partial charge >= 0.3 is 0 Å². The molecule has 96 valence electrons. The molecule has 0 fully saturated rings. The van der Waals surface area contributed by atoms with E-state index >= 15 is 0 Å². The highest BCUT2D eigenvalue weighted by atomic mass is 79.9. The van der Waals surface area contributed by atoms with E-state index < -0.39 is 0 Å². The van der Waals surface area contributed by atoms with Crippen molar-refractivity contribution in [3.8, 4) is 0 Å². The summed E-state index contributed by atoms with van der Waals surface area (Å²) in [5, 5.41) is 0. The highest BCUT2D eigenvalue weighted by Crippen LogP contribution is 2.25. The average Bonchev–Trinajstić information content (AvgIpc) is 2.88. The van der Waals surface area contributed by atoms with E-state index in [0.717, 1.165) is 34.6 Å². The quantitative estimate of drug-likeness (QED) is 0.919. The lowest BCUT2D eigenvalue weighted by Crippen LogP contribution is -2.21. The molecule has 4 heteroatoms. The van der Waals surface area contributed by atoms with Crippen LogP contribution in [0.1, 0.15) is 18.2 Å².